The molecule has 0 aliphatic heterocycles. The number of aliphatic carboxylic acids is 1. The second-order valence-electron chi connectivity index (χ2n) is 3.68. The number of carbonyl (C=O) groups is 2. The fourth-order valence-electron chi connectivity index (χ4n) is 1.67. The number of aromatic nitrogens is 1. The first-order chi connectivity index (χ1) is 8.59. The molecule has 2 rings (SSSR count). The third-order valence-electron chi connectivity index (χ3n) is 2.44. The van der Waals surface area contributed by atoms with Crippen LogP contribution in [0.3, 0.4) is 0 Å². The van der Waals surface area contributed by atoms with Crippen LogP contribution in [0.2, 0.25) is 0 Å². The maximum Gasteiger partial charge on any atom is 0.322 e. The molecule has 6 heteroatoms. The Labute approximate surface area is 102 Å². The second kappa shape index (κ2) is 4.70. The highest BCUT2D eigenvalue weighted by molar-refractivity contribution is 6.09. The van der Waals surface area contributed by atoms with Gasteiger partial charge in [0.1, 0.15) is 12.2 Å². The molecule has 6 nitrogen and oxygen atoms in total. The number of nitrogens with one attached hydrogen (secondary N) is 1. The number of carboxylic acid groups (broad SMARTS) is 1. The van der Waals surface area contributed by atoms with E-state index in [0.29, 0.717) is 11.1 Å². The lowest BCUT2D eigenvalue weighted by Gasteiger charge is -2.07. The Kier molecular flexibility index (Phi) is 3.09. The van der Waals surface area contributed by atoms with Crippen molar-refractivity contribution in [1.82, 2.24) is 10.3 Å². The van der Waals surface area contributed by atoms with Crippen molar-refractivity contribution in [3.8, 4) is 0 Å². The molecule has 1 aromatic heterocycles. The quantitative estimate of drug-likeness (QED) is 0.688. The van der Waals surface area contributed by atoms with Gasteiger partial charge in [-0.05, 0) is 17.5 Å². The van der Waals surface area contributed by atoms with Crippen LogP contribution in [0, 0.1) is 0 Å². The number of hydrogen-bond donors (Lipinski definition) is 3. The van der Waals surface area contributed by atoms with Crippen LogP contribution < -0.4 is 11.1 Å². The zero-order valence-electron chi connectivity index (χ0n) is 9.38. The van der Waals surface area contributed by atoms with Gasteiger partial charge in [0.2, 0.25) is 0 Å². The number of rotatable bonds is 3. The van der Waals surface area contributed by atoms with Gasteiger partial charge in [-0.15, -0.1) is 0 Å². The monoisotopic (exact) mass is 245 g/mol. The van der Waals surface area contributed by atoms with Crippen LogP contribution in [0.1, 0.15) is 10.5 Å². The van der Waals surface area contributed by atoms with E-state index in [1.807, 2.05) is 0 Å². The number of carboxylic acids is 1. The Morgan fingerprint density at radius 3 is 2.83 bits per heavy atom. The highest BCUT2D eigenvalue weighted by atomic mass is 16.4. The van der Waals surface area contributed by atoms with E-state index in [0.717, 1.165) is 5.39 Å². The van der Waals surface area contributed by atoms with E-state index >= 15 is 0 Å². The van der Waals surface area contributed by atoms with Crippen molar-refractivity contribution in [2.24, 2.45) is 0 Å². The molecular formula is C12H11N3O3. The molecule has 0 saturated heterocycles. The van der Waals surface area contributed by atoms with E-state index in [-0.39, 0.29) is 5.69 Å². The molecule has 2 aromatic rings. The maximum atomic E-state index is 11.8. The number of nitrogens with two attached hydrogens (primary N) is 1. The molecule has 0 bridgehead atoms. The van der Waals surface area contributed by atoms with E-state index in [1.54, 1.807) is 24.3 Å². The van der Waals surface area contributed by atoms with Crippen LogP contribution >= 0.6 is 0 Å². The van der Waals surface area contributed by atoms with Crippen molar-refractivity contribution in [1.29, 1.82) is 0 Å². The van der Waals surface area contributed by atoms with Crippen molar-refractivity contribution >= 4 is 28.3 Å². The van der Waals surface area contributed by atoms with Gasteiger partial charge in [-0.25, -0.2) is 0 Å². The van der Waals surface area contributed by atoms with Crippen LogP contribution in [0.5, 0.6) is 0 Å². The lowest BCUT2D eigenvalue weighted by molar-refractivity contribution is -0.135. The molecule has 0 aliphatic carbocycles. The lowest BCUT2D eigenvalue weighted by Crippen LogP contribution is -2.30. The van der Waals surface area contributed by atoms with Gasteiger partial charge >= 0.3 is 5.97 Å². The molecular weight excluding hydrogens is 234 g/mol. The largest absolute Gasteiger partial charge is 0.480 e. The van der Waals surface area contributed by atoms with E-state index in [2.05, 4.69) is 10.3 Å². The smallest absolute Gasteiger partial charge is 0.322 e. The Morgan fingerprint density at radius 2 is 2.11 bits per heavy atom. The molecule has 18 heavy (non-hydrogen) atoms. The molecule has 4 N–H and O–H groups in total. The van der Waals surface area contributed by atoms with Crippen molar-refractivity contribution < 1.29 is 14.7 Å². The summed E-state index contributed by atoms with van der Waals surface area (Å²) in [7, 11) is 0. The second-order valence-corrected chi connectivity index (χ2v) is 3.68. The Bertz CT molecular complexity index is 620. The SMILES string of the molecule is Nc1cccc2ccnc(C(=O)NCC(=O)O)c12. The third-order valence-corrected chi connectivity index (χ3v) is 2.44. The standard InChI is InChI=1S/C12H11N3O3/c13-8-3-1-2-7-4-5-14-11(10(7)8)12(18)15-6-9(16)17/h1-5H,6,13H2,(H,15,18)(H,16,17). The molecule has 0 aliphatic rings. The Hall–Kier alpha value is -2.63. The number of benzene rings is 1. The van der Waals surface area contributed by atoms with Crippen LogP contribution in [-0.2, 0) is 4.79 Å². The Balaban J connectivity index is 2.44. The fraction of sp³-hybridized carbons (Fsp3) is 0.0833. The molecule has 0 radical (unpaired) electrons. The predicted molar refractivity (Wildman–Crippen MR) is 66.1 cm³/mol. The summed E-state index contributed by atoms with van der Waals surface area (Å²) in [5, 5.41) is 12.1. The lowest BCUT2D eigenvalue weighted by atomic mass is 10.1. The topological polar surface area (TPSA) is 105 Å². The molecule has 1 heterocycles. The van der Waals surface area contributed by atoms with E-state index in [9.17, 15) is 9.59 Å². The number of fused-ring (bicyclic) bond motifs is 1. The zero-order valence-corrected chi connectivity index (χ0v) is 9.38. The third kappa shape index (κ3) is 2.22. The summed E-state index contributed by atoms with van der Waals surface area (Å²) in [6.07, 6.45) is 1.48. The van der Waals surface area contributed by atoms with Crippen LogP contribution in [-0.4, -0.2) is 28.5 Å². The van der Waals surface area contributed by atoms with Gasteiger partial charge < -0.3 is 16.2 Å². The van der Waals surface area contributed by atoms with Gasteiger partial charge in [0.05, 0.1) is 0 Å². The summed E-state index contributed by atoms with van der Waals surface area (Å²) in [6, 6.07) is 6.98. The first-order valence-corrected chi connectivity index (χ1v) is 5.23. The van der Waals surface area contributed by atoms with Crippen molar-refractivity contribution in [2.45, 2.75) is 0 Å². The number of carbonyl (C=O) groups excluding carboxylic acids is 1. The average Bonchev–Trinajstić information content (AvgIpc) is 2.35. The molecule has 1 aromatic carbocycles. The molecule has 92 valence electrons. The van der Waals surface area contributed by atoms with Crippen molar-refractivity contribution in [3.05, 3.63) is 36.2 Å². The minimum absolute atomic E-state index is 0.131. The first kappa shape index (κ1) is 11.8. The summed E-state index contributed by atoms with van der Waals surface area (Å²) < 4.78 is 0. The molecule has 0 atom stereocenters. The molecule has 1 amide bonds. The van der Waals surface area contributed by atoms with E-state index in [1.165, 1.54) is 6.20 Å². The Morgan fingerprint density at radius 1 is 1.33 bits per heavy atom. The predicted octanol–water partition coefficient (Wildman–Crippen LogP) is 0.631. The van der Waals surface area contributed by atoms with Crippen molar-refractivity contribution in [3.63, 3.8) is 0 Å². The van der Waals surface area contributed by atoms with E-state index in [4.69, 9.17) is 10.8 Å². The van der Waals surface area contributed by atoms with E-state index < -0.39 is 18.4 Å². The van der Waals surface area contributed by atoms with Crippen LogP contribution in [0.4, 0.5) is 5.69 Å². The number of nitrogen functional groups attached to an aromatic ring is 1. The number of hydrogen-bond acceptors (Lipinski definition) is 4. The number of anilines is 1. The van der Waals surface area contributed by atoms with Gasteiger partial charge in [0.15, 0.2) is 0 Å². The summed E-state index contributed by atoms with van der Waals surface area (Å²) in [5.74, 6) is -1.67. The fourth-order valence-corrected chi connectivity index (χ4v) is 1.67. The van der Waals surface area contributed by atoms with Gasteiger partial charge in [-0.1, -0.05) is 12.1 Å². The number of amides is 1. The molecule has 0 spiro atoms. The highest BCUT2D eigenvalue weighted by Crippen LogP contribution is 2.23. The number of nitrogens with zero attached hydrogens (tertiary/aromatic N) is 1. The van der Waals surface area contributed by atoms with Gasteiger partial charge in [-0.3, -0.25) is 14.6 Å². The van der Waals surface area contributed by atoms with Crippen LogP contribution in [0.15, 0.2) is 30.5 Å². The average molecular weight is 245 g/mol. The van der Waals surface area contributed by atoms with Gasteiger partial charge in [0, 0.05) is 17.3 Å². The molecule has 0 unspecified atom stereocenters. The summed E-state index contributed by atoms with van der Waals surface area (Å²) >= 11 is 0. The highest BCUT2D eigenvalue weighted by Gasteiger charge is 2.14. The first-order valence-electron chi connectivity index (χ1n) is 5.23. The molecule has 0 saturated carbocycles. The van der Waals surface area contributed by atoms with Gasteiger partial charge in [-0.2, -0.15) is 0 Å². The number of pyridine rings is 1. The summed E-state index contributed by atoms with van der Waals surface area (Å²) in [5.41, 5.74) is 6.38. The normalized spacial score (nSPS) is 10.2. The minimum atomic E-state index is -1.11. The summed E-state index contributed by atoms with van der Waals surface area (Å²) in [6.45, 7) is -0.455. The molecule has 0 fully saturated rings. The zero-order chi connectivity index (χ0) is 13.1. The van der Waals surface area contributed by atoms with Crippen LogP contribution in [0.25, 0.3) is 10.8 Å². The minimum Gasteiger partial charge on any atom is -0.480 e. The maximum absolute atomic E-state index is 11.8. The van der Waals surface area contributed by atoms with Gasteiger partial charge in [0.25, 0.3) is 5.91 Å². The summed E-state index contributed by atoms with van der Waals surface area (Å²) in [4.78, 5) is 26.2. The van der Waals surface area contributed by atoms with Crippen molar-refractivity contribution in [2.75, 3.05) is 12.3 Å².